The standard InChI is InChI=1S/C17H17N3OS/c1-10-9-18-17(22-10)20-16(21)11-6-7-15-13(8-11)12-4-2-3-5-14(12)19-15/h6-9,19H,2-5H2,1H3,(H,18,20,21). The fourth-order valence-electron chi connectivity index (χ4n) is 3.13. The normalized spacial score (nSPS) is 14.0. The van der Waals surface area contributed by atoms with Crippen LogP contribution in [0.15, 0.2) is 24.4 Å². The summed E-state index contributed by atoms with van der Waals surface area (Å²) in [7, 11) is 0. The van der Waals surface area contributed by atoms with Gasteiger partial charge in [-0.3, -0.25) is 10.1 Å². The van der Waals surface area contributed by atoms with Crippen molar-refractivity contribution in [3.8, 4) is 0 Å². The first kappa shape index (κ1) is 13.5. The predicted octanol–water partition coefficient (Wildman–Crippen LogP) is 4.06. The van der Waals surface area contributed by atoms with E-state index in [1.807, 2.05) is 25.1 Å². The van der Waals surface area contributed by atoms with Crippen molar-refractivity contribution in [3.63, 3.8) is 0 Å². The fraction of sp³-hybridized carbons (Fsp3) is 0.294. The average molecular weight is 311 g/mol. The summed E-state index contributed by atoms with van der Waals surface area (Å²) in [5.41, 5.74) is 4.55. The number of anilines is 1. The van der Waals surface area contributed by atoms with Crippen molar-refractivity contribution in [2.75, 3.05) is 5.32 Å². The number of aryl methyl sites for hydroxylation is 3. The van der Waals surface area contributed by atoms with Gasteiger partial charge in [0.2, 0.25) is 0 Å². The number of aromatic amines is 1. The number of benzene rings is 1. The lowest BCUT2D eigenvalue weighted by molar-refractivity contribution is 0.102. The number of H-pyrrole nitrogens is 1. The molecule has 112 valence electrons. The van der Waals surface area contributed by atoms with Gasteiger partial charge in [0.05, 0.1) is 0 Å². The van der Waals surface area contributed by atoms with Gasteiger partial charge in [0.1, 0.15) is 0 Å². The molecule has 2 N–H and O–H groups in total. The first-order chi connectivity index (χ1) is 10.7. The molecule has 0 aliphatic heterocycles. The lowest BCUT2D eigenvalue weighted by Crippen LogP contribution is -2.11. The number of amides is 1. The molecule has 0 atom stereocenters. The first-order valence-corrected chi connectivity index (χ1v) is 8.39. The molecule has 0 unspecified atom stereocenters. The second-order valence-corrected chi connectivity index (χ2v) is 7.01. The van der Waals surface area contributed by atoms with Gasteiger partial charge in [0.25, 0.3) is 5.91 Å². The van der Waals surface area contributed by atoms with E-state index in [0.717, 1.165) is 23.2 Å². The Morgan fingerprint density at radius 1 is 1.32 bits per heavy atom. The molecule has 5 heteroatoms. The smallest absolute Gasteiger partial charge is 0.257 e. The Morgan fingerprint density at radius 2 is 2.18 bits per heavy atom. The molecular weight excluding hydrogens is 294 g/mol. The highest BCUT2D eigenvalue weighted by Crippen LogP contribution is 2.30. The Balaban J connectivity index is 1.68. The monoisotopic (exact) mass is 311 g/mol. The van der Waals surface area contributed by atoms with Crippen molar-refractivity contribution in [1.82, 2.24) is 9.97 Å². The maximum absolute atomic E-state index is 12.4. The topological polar surface area (TPSA) is 57.8 Å². The molecule has 4 rings (SSSR count). The molecule has 1 aromatic carbocycles. The summed E-state index contributed by atoms with van der Waals surface area (Å²) in [6, 6.07) is 5.89. The average Bonchev–Trinajstić information content (AvgIpc) is 3.10. The molecule has 0 fully saturated rings. The van der Waals surface area contributed by atoms with E-state index in [2.05, 4.69) is 15.3 Å². The van der Waals surface area contributed by atoms with Gasteiger partial charge in [0, 0.05) is 33.2 Å². The second-order valence-electron chi connectivity index (χ2n) is 5.78. The summed E-state index contributed by atoms with van der Waals surface area (Å²) >= 11 is 1.49. The third-order valence-corrected chi connectivity index (χ3v) is 5.03. The summed E-state index contributed by atoms with van der Waals surface area (Å²) in [5, 5.41) is 4.72. The molecule has 1 amide bonds. The summed E-state index contributed by atoms with van der Waals surface area (Å²) in [5.74, 6) is -0.0954. The van der Waals surface area contributed by atoms with Crippen molar-refractivity contribution in [1.29, 1.82) is 0 Å². The van der Waals surface area contributed by atoms with Crippen LogP contribution in [0.25, 0.3) is 10.9 Å². The molecule has 0 radical (unpaired) electrons. The third-order valence-electron chi connectivity index (χ3n) is 4.20. The number of rotatable bonds is 2. The molecule has 1 aliphatic rings. The molecule has 0 spiro atoms. The van der Waals surface area contributed by atoms with Crippen molar-refractivity contribution < 1.29 is 4.79 Å². The van der Waals surface area contributed by atoms with E-state index >= 15 is 0 Å². The first-order valence-electron chi connectivity index (χ1n) is 7.58. The van der Waals surface area contributed by atoms with E-state index in [1.165, 1.54) is 40.8 Å². The van der Waals surface area contributed by atoms with E-state index in [0.29, 0.717) is 10.7 Å². The number of hydrogen-bond acceptors (Lipinski definition) is 3. The maximum atomic E-state index is 12.4. The summed E-state index contributed by atoms with van der Waals surface area (Å²) in [6.07, 6.45) is 6.47. The minimum Gasteiger partial charge on any atom is -0.358 e. The van der Waals surface area contributed by atoms with Crippen molar-refractivity contribution in [2.45, 2.75) is 32.6 Å². The third kappa shape index (κ3) is 2.31. The zero-order valence-electron chi connectivity index (χ0n) is 12.4. The Kier molecular flexibility index (Phi) is 3.22. The fourth-order valence-corrected chi connectivity index (χ4v) is 3.79. The molecule has 2 aromatic heterocycles. The molecule has 0 saturated heterocycles. The Morgan fingerprint density at radius 3 is 3.00 bits per heavy atom. The van der Waals surface area contributed by atoms with Crippen LogP contribution in [0.3, 0.4) is 0 Å². The zero-order chi connectivity index (χ0) is 15.1. The number of nitrogens with zero attached hydrogens (tertiary/aromatic N) is 1. The minimum atomic E-state index is -0.0954. The molecule has 1 aliphatic carbocycles. The van der Waals surface area contributed by atoms with Gasteiger partial charge in [-0.2, -0.15) is 0 Å². The number of nitrogens with one attached hydrogen (secondary N) is 2. The van der Waals surface area contributed by atoms with Gasteiger partial charge < -0.3 is 4.98 Å². The van der Waals surface area contributed by atoms with E-state index in [4.69, 9.17) is 0 Å². The zero-order valence-corrected chi connectivity index (χ0v) is 13.2. The Labute approximate surface area is 132 Å². The van der Waals surface area contributed by atoms with Crippen molar-refractivity contribution >= 4 is 33.3 Å². The summed E-state index contributed by atoms with van der Waals surface area (Å²) < 4.78 is 0. The van der Waals surface area contributed by atoms with Crippen LogP contribution < -0.4 is 5.32 Å². The van der Waals surface area contributed by atoms with Crippen LogP contribution in [0.1, 0.15) is 39.3 Å². The molecule has 0 bridgehead atoms. The van der Waals surface area contributed by atoms with Crippen molar-refractivity contribution in [3.05, 3.63) is 46.1 Å². The Hall–Kier alpha value is -2.14. The largest absolute Gasteiger partial charge is 0.358 e. The van der Waals surface area contributed by atoms with Crippen LogP contribution in [-0.4, -0.2) is 15.9 Å². The van der Waals surface area contributed by atoms with Crippen LogP contribution in [0.2, 0.25) is 0 Å². The number of aromatic nitrogens is 2. The number of carbonyl (C=O) groups is 1. The molecule has 4 nitrogen and oxygen atoms in total. The number of thiazole rings is 1. The molecule has 0 saturated carbocycles. The molecule has 3 aromatic rings. The molecule has 2 heterocycles. The van der Waals surface area contributed by atoms with Gasteiger partial charge in [-0.1, -0.05) is 0 Å². The highest BCUT2D eigenvalue weighted by Gasteiger charge is 2.17. The van der Waals surface area contributed by atoms with Crippen LogP contribution in [0, 0.1) is 6.92 Å². The van der Waals surface area contributed by atoms with Gasteiger partial charge >= 0.3 is 0 Å². The second kappa shape index (κ2) is 5.25. The van der Waals surface area contributed by atoms with Crippen LogP contribution in [0.4, 0.5) is 5.13 Å². The maximum Gasteiger partial charge on any atom is 0.257 e. The minimum absolute atomic E-state index is 0.0954. The molecule has 22 heavy (non-hydrogen) atoms. The van der Waals surface area contributed by atoms with E-state index in [-0.39, 0.29) is 5.91 Å². The number of fused-ring (bicyclic) bond motifs is 3. The number of carbonyl (C=O) groups excluding carboxylic acids is 1. The Bertz CT molecular complexity index is 862. The van der Waals surface area contributed by atoms with Gasteiger partial charge in [0.15, 0.2) is 5.13 Å². The lowest BCUT2D eigenvalue weighted by atomic mass is 9.95. The van der Waals surface area contributed by atoms with Gasteiger partial charge in [-0.15, -0.1) is 11.3 Å². The van der Waals surface area contributed by atoms with Crippen LogP contribution in [-0.2, 0) is 12.8 Å². The highest BCUT2D eigenvalue weighted by atomic mass is 32.1. The predicted molar refractivity (Wildman–Crippen MR) is 89.7 cm³/mol. The highest BCUT2D eigenvalue weighted by molar-refractivity contribution is 7.15. The van der Waals surface area contributed by atoms with E-state index in [9.17, 15) is 4.79 Å². The molecular formula is C17H17N3OS. The van der Waals surface area contributed by atoms with Crippen molar-refractivity contribution in [2.24, 2.45) is 0 Å². The summed E-state index contributed by atoms with van der Waals surface area (Å²) in [4.78, 5) is 21.2. The van der Waals surface area contributed by atoms with E-state index in [1.54, 1.807) is 6.20 Å². The van der Waals surface area contributed by atoms with E-state index < -0.39 is 0 Å². The summed E-state index contributed by atoms with van der Waals surface area (Å²) in [6.45, 7) is 1.98. The number of hydrogen-bond donors (Lipinski definition) is 2. The SMILES string of the molecule is Cc1cnc(NC(=O)c2ccc3[nH]c4c(c3c2)CCCC4)s1. The van der Waals surface area contributed by atoms with Gasteiger partial charge in [-0.05, 0) is 56.4 Å². The van der Waals surface area contributed by atoms with Crippen LogP contribution >= 0.6 is 11.3 Å². The van der Waals surface area contributed by atoms with Gasteiger partial charge in [-0.25, -0.2) is 4.98 Å². The lowest BCUT2D eigenvalue weighted by Gasteiger charge is -2.10. The van der Waals surface area contributed by atoms with Crippen LogP contribution in [0.5, 0.6) is 0 Å². The quantitative estimate of drug-likeness (QED) is 0.749.